The first-order valence-corrected chi connectivity index (χ1v) is 6.56. The van der Waals surface area contributed by atoms with Crippen LogP contribution in [0.5, 0.6) is 11.5 Å². The largest absolute Gasteiger partial charge is 0.486 e. The van der Waals surface area contributed by atoms with Gasteiger partial charge in [0.2, 0.25) is 0 Å². The molecule has 2 unspecified atom stereocenters. The van der Waals surface area contributed by atoms with Gasteiger partial charge in [-0.2, -0.15) is 0 Å². The second-order valence-electron chi connectivity index (χ2n) is 4.67. The van der Waals surface area contributed by atoms with Gasteiger partial charge in [0.05, 0.1) is 12.2 Å². The molecule has 1 aromatic rings. The summed E-state index contributed by atoms with van der Waals surface area (Å²) in [5.41, 5.74) is 0.464. The van der Waals surface area contributed by atoms with E-state index in [0.717, 1.165) is 0 Å². The molecule has 19 heavy (non-hydrogen) atoms. The summed E-state index contributed by atoms with van der Waals surface area (Å²) >= 11 is 0. The fourth-order valence-corrected chi connectivity index (χ4v) is 2.07. The first kappa shape index (κ1) is 14.1. The third-order valence-electron chi connectivity index (χ3n) is 3.28. The summed E-state index contributed by atoms with van der Waals surface area (Å²) in [5.74, 6) is 0.581. The molecule has 0 saturated heterocycles. The van der Waals surface area contributed by atoms with Crippen molar-refractivity contribution in [2.75, 3.05) is 13.2 Å². The van der Waals surface area contributed by atoms with Gasteiger partial charge in [-0.3, -0.25) is 0 Å². The molecule has 0 radical (unpaired) electrons. The Bertz CT molecular complexity index is 436. The van der Waals surface area contributed by atoms with Gasteiger partial charge in [-0.15, -0.1) is 0 Å². The second kappa shape index (κ2) is 6.21. The Balaban J connectivity index is 2.04. The summed E-state index contributed by atoms with van der Waals surface area (Å²) in [6, 6.07) is 2.92. The quantitative estimate of drug-likeness (QED) is 0.854. The number of benzene rings is 1. The summed E-state index contributed by atoms with van der Waals surface area (Å²) in [6.07, 6.45) is -0.463. The van der Waals surface area contributed by atoms with Gasteiger partial charge >= 0.3 is 0 Å². The van der Waals surface area contributed by atoms with Gasteiger partial charge < -0.3 is 19.7 Å². The lowest BCUT2D eigenvalue weighted by Crippen LogP contribution is -2.25. The predicted octanol–water partition coefficient (Wildman–Crippen LogP) is 1.66. The van der Waals surface area contributed by atoms with Crippen LogP contribution in [-0.2, 0) is 6.42 Å². The molecular formula is C14H19FO4. The Labute approximate surface area is 111 Å². The van der Waals surface area contributed by atoms with Crippen LogP contribution >= 0.6 is 0 Å². The summed E-state index contributed by atoms with van der Waals surface area (Å²) in [4.78, 5) is 0. The van der Waals surface area contributed by atoms with Crippen LogP contribution in [0.3, 0.4) is 0 Å². The number of halogens is 1. The maximum atomic E-state index is 13.8. The Kier molecular flexibility index (Phi) is 4.61. The number of rotatable bonds is 5. The molecule has 0 amide bonds. The normalized spacial score (nSPS) is 17.1. The molecule has 1 aromatic carbocycles. The van der Waals surface area contributed by atoms with Crippen LogP contribution in [0.15, 0.2) is 12.1 Å². The Hall–Kier alpha value is -1.33. The third-order valence-corrected chi connectivity index (χ3v) is 3.28. The zero-order chi connectivity index (χ0) is 13.8. The molecule has 1 heterocycles. The Morgan fingerprint density at radius 3 is 2.42 bits per heavy atom. The molecule has 1 aliphatic heterocycles. The molecule has 0 spiro atoms. The SMILES string of the molecule is CCC(O)C(O)CCc1cc2c(cc1F)OCCO2. The van der Waals surface area contributed by atoms with E-state index in [0.29, 0.717) is 49.5 Å². The van der Waals surface area contributed by atoms with Crippen LogP contribution < -0.4 is 9.47 Å². The molecule has 4 nitrogen and oxygen atoms in total. The van der Waals surface area contributed by atoms with Crippen molar-refractivity contribution in [3.05, 3.63) is 23.5 Å². The van der Waals surface area contributed by atoms with Crippen molar-refractivity contribution in [3.63, 3.8) is 0 Å². The molecule has 0 aromatic heterocycles. The number of hydrogen-bond acceptors (Lipinski definition) is 4. The number of aliphatic hydroxyl groups is 2. The van der Waals surface area contributed by atoms with E-state index in [2.05, 4.69) is 0 Å². The zero-order valence-corrected chi connectivity index (χ0v) is 10.9. The molecule has 106 valence electrons. The lowest BCUT2D eigenvalue weighted by molar-refractivity contribution is 0.0129. The topological polar surface area (TPSA) is 58.9 Å². The number of aliphatic hydroxyl groups excluding tert-OH is 2. The predicted molar refractivity (Wildman–Crippen MR) is 68.0 cm³/mol. The second-order valence-corrected chi connectivity index (χ2v) is 4.67. The average molecular weight is 270 g/mol. The van der Waals surface area contributed by atoms with Gasteiger partial charge in [0, 0.05) is 6.07 Å². The van der Waals surface area contributed by atoms with Gasteiger partial charge in [0.25, 0.3) is 0 Å². The van der Waals surface area contributed by atoms with Crippen molar-refractivity contribution in [1.82, 2.24) is 0 Å². The highest BCUT2D eigenvalue weighted by molar-refractivity contribution is 5.44. The highest BCUT2D eigenvalue weighted by atomic mass is 19.1. The Morgan fingerprint density at radius 1 is 1.16 bits per heavy atom. The van der Waals surface area contributed by atoms with Crippen LogP contribution in [0.25, 0.3) is 0 Å². The van der Waals surface area contributed by atoms with E-state index < -0.39 is 12.2 Å². The smallest absolute Gasteiger partial charge is 0.164 e. The number of hydrogen-bond donors (Lipinski definition) is 2. The summed E-state index contributed by atoms with van der Waals surface area (Å²) < 4.78 is 24.5. The fourth-order valence-electron chi connectivity index (χ4n) is 2.07. The number of fused-ring (bicyclic) bond motifs is 1. The summed E-state index contributed by atoms with van der Waals surface area (Å²) in [5, 5.41) is 19.2. The van der Waals surface area contributed by atoms with Crippen molar-refractivity contribution >= 4 is 0 Å². The van der Waals surface area contributed by atoms with E-state index in [1.807, 2.05) is 0 Å². The maximum absolute atomic E-state index is 13.8. The van der Waals surface area contributed by atoms with Crippen molar-refractivity contribution in [3.8, 4) is 11.5 Å². The highest BCUT2D eigenvalue weighted by Gasteiger charge is 2.18. The van der Waals surface area contributed by atoms with Crippen LogP contribution in [0.1, 0.15) is 25.3 Å². The van der Waals surface area contributed by atoms with Gasteiger partial charge in [-0.05, 0) is 30.9 Å². The van der Waals surface area contributed by atoms with Gasteiger partial charge in [-0.1, -0.05) is 6.92 Å². The van der Waals surface area contributed by atoms with Crippen molar-refractivity contribution in [1.29, 1.82) is 0 Å². The lowest BCUT2D eigenvalue weighted by Gasteiger charge is -2.20. The fraction of sp³-hybridized carbons (Fsp3) is 0.571. The van der Waals surface area contributed by atoms with Crippen molar-refractivity contribution in [2.45, 2.75) is 38.4 Å². The summed E-state index contributed by atoms with van der Waals surface area (Å²) in [7, 11) is 0. The van der Waals surface area contributed by atoms with E-state index >= 15 is 0 Å². The Morgan fingerprint density at radius 2 is 1.79 bits per heavy atom. The van der Waals surface area contributed by atoms with E-state index in [9.17, 15) is 14.6 Å². The van der Waals surface area contributed by atoms with Crippen molar-refractivity contribution in [2.24, 2.45) is 0 Å². The van der Waals surface area contributed by atoms with Gasteiger partial charge in [0.15, 0.2) is 11.5 Å². The maximum Gasteiger partial charge on any atom is 0.164 e. The molecule has 2 atom stereocenters. The van der Waals surface area contributed by atoms with E-state index in [4.69, 9.17) is 9.47 Å². The van der Waals surface area contributed by atoms with Crippen LogP contribution in [0.4, 0.5) is 4.39 Å². The van der Waals surface area contributed by atoms with E-state index in [1.54, 1.807) is 13.0 Å². The standard InChI is InChI=1S/C14H19FO4/c1-2-11(16)12(17)4-3-9-7-13-14(8-10(9)15)19-6-5-18-13/h7-8,11-12,16-17H,2-6H2,1H3. The minimum absolute atomic E-state index is 0.311. The molecule has 0 fully saturated rings. The molecular weight excluding hydrogens is 251 g/mol. The number of aryl methyl sites for hydroxylation is 1. The first-order valence-electron chi connectivity index (χ1n) is 6.56. The number of ether oxygens (including phenoxy) is 2. The van der Waals surface area contributed by atoms with Crippen LogP contribution in [0, 0.1) is 5.82 Å². The molecule has 5 heteroatoms. The molecule has 0 aliphatic carbocycles. The minimum Gasteiger partial charge on any atom is -0.486 e. The van der Waals surface area contributed by atoms with Crippen LogP contribution in [-0.4, -0.2) is 35.6 Å². The summed E-state index contributed by atoms with van der Waals surface area (Å²) in [6.45, 7) is 2.67. The average Bonchev–Trinajstić information content (AvgIpc) is 2.43. The molecule has 0 bridgehead atoms. The third kappa shape index (κ3) is 3.36. The van der Waals surface area contributed by atoms with Gasteiger partial charge in [-0.25, -0.2) is 4.39 Å². The molecule has 0 saturated carbocycles. The molecule has 2 N–H and O–H groups in total. The molecule has 1 aliphatic rings. The highest BCUT2D eigenvalue weighted by Crippen LogP contribution is 2.33. The van der Waals surface area contributed by atoms with Crippen LogP contribution in [0.2, 0.25) is 0 Å². The molecule has 2 rings (SSSR count). The van der Waals surface area contributed by atoms with Gasteiger partial charge in [0.1, 0.15) is 19.0 Å². The first-order chi connectivity index (χ1) is 9.11. The van der Waals surface area contributed by atoms with Crippen molar-refractivity contribution < 1.29 is 24.1 Å². The van der Waals surface area contributed by atoms with E-state index in [-0.39, 0.29) is 5.82 Å². The van der Waals surface area contributed by atoms with E-state index in [1.165, 1.54) is 6.07 Å². The zero-order valence-electron chi connectivity index (χ0n) is 10.9. The monoisotopic (exact) mass is 270 g/mol. The lowest BCUT2D eigenvalue weighted by atomic mass is 10.0. The minimum atomic E-state index is -0.836.